The van der Waals surface area contributed by atoms with Gasteiger partial charge in [-0.15, -0.1) is 0 Å². The van der Waals surface area contributed by atoms with E-state index in [-0.39, 0.29) is 0 Å². The molecule has 1 N–H and O–H groups in total. The molecule has 0 saturated carbocycles. The molecule has 1 aliphatic rings. The Labute approximate surface area is 127 Å². The lowest BCUT2D eigenvalue weighted by molar-refractivity contribution is 0.209. The van der Waals surface area contributed by atoms with Crippen LogP contribution in [0, 0.1) is 17.2 Å². The van der Waals surface area contributed by atoms with Crippen LogP contribution < -0.4 is 10.1 Å². The van der Waals surface area contributed by atoms with E-state index in [0.29, 0.717) is 11.3 Å². The predicted octanol–water partition coefficient (Wildman–Crippen LogP) is 2.39. The smallest absolute Gasteiger partial charge is 0.136 e. The number of methoxy groups -OCH3 is 1. The molecule has 1 fully saturated rings. The highest BCUT2D eigenvalue weighted by atomic mass is 16.5. The second kappa shape index (κ2) is 8.02. The van der Waals surface area contributed by atoms with Gasteiger partial charge in [0.1, 0.15) is 11.8 Å². The average molecular weight is 287 g/mol. The molecule has 0 amide bonds. The maximum absolute atomic E-state index is 9.17. The molecular weight excluding hydrogens is 262 g/mol. The SMILES string of the molecule is CCN(Cc1ccc(OC)c(C#N)c1)CC1CCCNC1. The summed E-state index contributed by atoms with van der Waals surface area (Å²) in [6.07, 6.45) is 2.60. The summed E-state index contributed by atoms with van der Waals surface area (Å²) in [6, 6.07) is 8.10. The fourth-order valence-electron chi connectivity index (χ4n) is 2.95. The number of nitriles is 1. The normalized spacial score (nSPS) is 18.5. The molecule has 0 aromatic heterocycles. The monoisotopic (exact) mass is 287 g/mol. The van der Waals surface area contributed by atoms with Gasteiger partial charge < -0.3 is 10.1 Å². The zero-order valence-electron chi connectivity index (χ0n) is 13.1. The summed E-state index contributed by atoms with van der Waals surface area (Å²) < 4.78 is 5.20. The summed E-state index contributed by atoms with van der Waals surface area (Å²) in [4.78, 5) is 2.46. The molecular formula is C17H25N3O. The van der Waals surface area contributed by atoms with Crippen LogP contribution in [0.4, 0.5) is 0 Å². The number of rotatable bonds is 6. The van der Waals surface area contributed by atoms with Crippen LogP contribution in [0.25, 0.3) is 0 Å². The summed E-state index contributed by atoms with van der Waals surface area (Å²) in [7, 11) is 1.60. The van der Waals surface area contributed by atoms with E-state index < -0.39 is 0 Å². The molecule has 0 bridgehead atoms. The minimum Gasteiger partial charge on any atom is -0.495 e. The van der Waals surface area contributed by atoms with Gasteiger partial charge in [-0.2, -0.15) is 5.26 Å². The van der Waals surface area contributed by atoms with Crippen molar-refractivity contribution in [3.63, 3.8) is 0 Å². The van der Waals surface area contributed by atoms with E-state index in [2.05, 4.69) is 29.3 Å². The number of benzene rings is 1. The standard InChI is InChI=1S/C17H25N3O/c1-3-20(13-15-5-4-8-19-11-15)12-14-6-7-17(21-2)16(9-14)10-18/h6-7,9,15,19H,3-5,8,11-13H2,1-2H3. The van der Waals surface area contributed by atoms with E-state index in [1.807, 2.05) is 12.1 Å². The Kier molecular flexibility index (Phi) is 6.04. The molecule has 4 heteroatoms. The topological polar surface area (TPSA) is 48.3 Å². The highest BCUT2D eigenvalue weighted by Gasteiger charge is 2.16. The van der Waals surface area contributed by atoms with Crippen LogP contribution in [-0.4, -0.2) is 38.2 Å². The second-order valence-corrected chi connectivity index (χ2v) is 5.69. The third-order valence-electron chi connectivity index (χ3n) is 4.15. The van der Waals surface area contributed by atoms with Crippen molar-refractivity contribution in [2.24, 2.45) is 5.92 Å². The first kappa shape index (κ1) is 15.8. The Morgan fingerprint density at radius 3 is 2.95 bits per heavy atom. The molecule has 1 aromatic carbocycles. The van der Waals surface area contributed by atoms with Crippen molar-refractivity contribution < 1.29 is 4.74 Å². The van der Waals surface area contributed by atoms with Gasteiger partial charge in [0.05, 0.1) is 12.7 Å². The predicted molar refractivity (Wildman–Crippen MR) is 84.3 cm³/mol. The van der Waals surface area contributed by atoms with Gasteiger partial charge in [0, 0.05) is 13.1 Å². The first-order valence-corrected chi connectivity index (χ1v) is 7.77. The highest BCUT2D eigenvalue weighted by Crippen LogP contribution is 2.20. The third-order valence-corrected chi connectivity index (χ3v) is 4.15. The van der Waals surface area contributed by atoms with Crippen LogP contribution in [0.2, 0.25) is 0 Å². The summed E-state index contributed by atoms with van der Waals surface area (Å²) >= 11 is 0. The fourth-order valence-corrected chi connectivity index (χ4v) is 2.95. The van der Waals surface area contributed by atoms with Crippen LogP contribution in [0.15, 0.2) is 18.2 Å². The van der Waals surface area contributed by atoms with Crippen LogP contribution in [0.3, 0.4) is 0 Å². The Bertz CT molecular complexity index is 489. The average Bonchev–Trinajstić information content (AvgIpc) is 2.55. The lowest BCUT2D eigenvalue weighted by Gasteiger charge is -2.29. The summed E-state index contributed by atoms with van der Waals surface area (Å²) in [5.74, 6) is 1.40. The number of nitrogens with one attached hydrogen (secondary N) is 1. The van der Waals surface area contributed by atoms with Gasteiger partial charge in [0.15, 0.2) is 0 Å². The lowest BCUT2D eigenvalue weighted by atomic mass is 9.98. The maximum atomic E-state index is 9.17. The van der Waals surface area contributed by atoms with Crippen molar-refractivity contribution >= 4 is 0 Å². The summed E-state index contributed by atoms with van der Waals surface area (Å²) in [5, 5.41) is 12.6. The molecule has 0 aliphatic carbocycles. The molecule has 2 rings (SSSR count). The second-order valence-electron chi connectivity index (χ2n) is 5.69. The third kappa shape index (κ3) is 4.45. The quantitative estimate of drug-likeness (QED) is 0.873. The van der Waals surface area contributed by atoms with E-state index in [1.54, 1.807) is 7.11 Å². The van der Waals surface area contributed by atoms with Crippen molar-refractivity contribution in [3.8, 4) is 11.8 Å². The molecule has 0 spiro atoms. The van der Waals surface area contributed by atoms with Gasteiger partial charge in [0.25, 0.3) is 0 Å². The van der Waals surface area contributed by atoms with E-state index in [9.17, 15) is 5.26 Å². The molecule has 1 saturated heterocycles. The van der Waals surface area contributed by atoms with Crippen molar-refractivity contribution in [1.82, 2.24) is 10.2 Å². The molecule has 1 unspecified atom stereocenters. The van der Waals surface area contributed by atoms with E-state index >= 15 is 0 Å². The van der Waals surface area contributed by atoms with E-state index in [1.165, 1.54) is 18.4 Å². The van der Waals surface area contributed by atoms with Gasteiger partial charge in [-0.05, 0) is 56.1 Å². The van der Waals surface area contributed by atoms with Crippen molar-refractivity contribution in [3.05, 3.63) is 29.3 Å². The fraction of sp³-hybridized carbons (Fsp3) is 0.588. The Hall–Kier alpha value is -1.57. The van der Waals surface area contributed by atoms with Crippen LogP contribution >= 0.6 is 0 Å². The van der Waals surface area contributed by atoms with Crippen LogP contribution in [0.1, 0.15) is 30.9 Å². The largest absolute Gasteiger partial charge is 0.495 e. The number of hydrogen-bond donors (Lipinski definition) is 1. The number of ether oxygens (including phenoxy) is 1. The first-order chi connectivity index (χ1) is 10.3. The molecule has 114 valence electrons. The van der Waals surface area contributed by atoms with Crippen molar-refractivity contribution in [2.45, 2.75) is 26.3 Å². The van der Waals surface area contributed by atoms with Crippen molar-refractivity contribution in [1.29, 1.82) is 5.26 Å². The first-order valence-electron chi connectivity index (χ1n) is 7.77. The van der Waals surface area contributed by atoms with Crippen LogP contribution in [-0.2, 0) is 6.54 Å². The molecule has 1 aliphatic heterocycles. The molecule has 1 atom stereocenters. The van der Waals surface area contributed by atoms with E-state index in [4.69, 9.17) is 4.74 Å². The lowest BCUT2D eigenvalue weighted by Crippen LogP contribution is -2.38. The zero-order chi connectivity index (χ0) is 15.1. The maximum Gasteiger partial charge on any atom is 0.136 e. The Morgan fingerprint density at radius 2 is 2.33 bits per heavy atom. The molecule has 1 aromatic rings. The number of piperidine rings is 1. The minimum absolute atomic E-state index is 0.616. The molecule has 1 heterocycles. The number of nitrogens with zero attached hydrogens (tertiary/aromatic N) is 2. The highest BCUT2D eigenvalue weighted by molar-refractivity contribution is 5.45. The summed E-state index contributed by atoms with van der Waals surface area (Å²) in [6.45, 7) is 7.54. The van der Waals surface area contributed by atoms with Gasteiger partial charge in [0.2, 0.25) is 0 Å². The summed E-state index contributed by atoms with van der Waals surface area (Å²) in [5.41, 5.74) is 1.79. The van der Waals surface area contributed by atoms with E-state index in [0.717, 1.165) is 38.6 Å². The molecule has 4 nitrogen and oxygen atoms in total. The zero-order valence-corrected chi connectivity index (χ0v) is 13.1. The number of hydrogen-bond acceptors (Lipinski definition) is 4. The minimum atomic E-state index is 0.616. The molecule has 21 heavy (non-hydrogen) atoms. The van der Waals surface area contributed by atoms with Gasteiger partial charge in [-0.3, -0.25) is 4.90 Å². The van der Waals surface area contributed by atoms with Gasteiger partial charge in [-0.1, -0.05) is 13.0 Å². The molecule has 0 radical (unpaired) electrons. The van der Waals surface area contributed by atoms with Gasteiger partial charge in [-0.25, -0.2) is 0 Å². The Balaban J connectivity index is 1.99. The van der Waals surface area contributed by atoms with Gasteiger partial charge >= 0.3 is 0 Å². The Morgan fingerprint density at radius 1 is 1.48 bits per heavy atom. The van der Waals surface area contributed by atoms with Crippen LogP contribution in [0.5, 0.6) is 5.75 Å². The van der Waals surface area contributed by atoms with Crippen molar-refractivity contribution in [2.75, 3.05) is 33.3 Å².